The fraction of sp³-hybridized carbons (Fsp3) is 0.364. The van der Waals surface area contributed by atoms with E-state index in [9.17, 15) is 14.9 Å². The summed E-state index contributed by atoms with van der Waals surface area (Å²) in [6, 6.07) is 4.12. The van der Waals surface area contributed by atoms with Crippen LogP contribution in [0.4, 0.5) is 11.4 Å². The van der Waals surface area contributed by atoms with Crippen LogP contribution in [0.5, 0.6) is 0 Å². The average molecular weight is 316 g/mol. The number of nitrogens with two attached hydrogens (primary N) is 1. The van der Waals surface area contributed by atoms with E-state index in [4.69, 9.17) is 5.73 Å². The Balaban J connectivity index is 2.89. The molecule has 7 heteroatoms. The van der Waals surface area contributed by atoms with E-state index in [0.717, 1.165) is 0 Å². The van der Waals surface area contributed by atoms with Crippen molar-refractivity contribution in [2.75, 3.05) is 5.32 Å². The van der Waals surface area contributed by atoms with Gasteiger partial charge in [-0.05, 0) is 35.0 Å². The molecule has 0 spiro atoms. The number of hydrogen-bond donors (Lipinski definition) is 2. The summed E-state index contributed by atoms with van der Waals surface area (Å²) in [5, 5.41) is 13.3. The molecule has 1 rings (SSSR count). The van der Waals surface area contributed by atoms with Crippen molar-refractivity contribution in [3.8, 4) is 0 Å². The zero-order valence-corrected chi connectivity index (χ0v) is 11.6. The molecule has 0 aromatic heterocycles. The summed E-state index contributed by atoms with van der Waals surface area (Å²) in [5.41, 5.74) is 5.90. The number of rotatable bonds is 4. The Hall–Kier alpha value is -1.47. The van der Waals surface area contributed by atoms with Gasteiger partial charge in [0.2, 0.25) is 5.91 Å². The third kappa shape index (κ3) is 3.51. The highest BCUT2D eigenvalue weighted by molar-refractivity contribution is 9.10. The summed E-state index contributed by atoms with van der Waals surface area (Å²) in [7, 11) is 0. The number of carbonyl (C=O) groups is 1. The predicted molar refractivity (Wildman–Crippen MR) is 72.2 cm³/mol. The molecule has 2 unspecified atom stereocenters. The fourth-order valence-corrected chi connectivity index (χ4v) is 1.62. The van der Waals surface area contributed by atoms with Gasteiger partial charge in [0.15, 0.2) is 0 Å². The standard InChI is InChI=1S/C11H14BrN3O3/c1-6(7(2)13)11(16)14-8-3-4-9(12)10(5-8)15(17)18/h3-7H,13H2,1-2H3,(H,14,16). The SMILES string of the molecule is CC(N)C(C)C(=O)Nc1ccc(Br)c([N+](=O)[O-])c1. The molecule has 0 fully saturated rings. The van der Waals surface area contributed by atoms with Crippen molar-refractivity contribution < 1.29 is 9.72 Å². The van der Waals surface area contributed by atoms with Gasteiger partial charge in [-0.25, -0.2) is 0 Å². The van der Waals surface area contributed by atoms with Gasteiger partial charge in [-0.1, -0.05) is 6.92 Å². The zero-order valence-electron chi connectivity index (χ0n) is 10.0. The molecule has 1 amide bonds. The summed E-state index contributed by atoms with van der Waals surface area (Å²) >= 11 is 3.08. The molecule has 0 aliphatic heterocycles. The number of amides is 1. The molecule has 0 heterocycles. The summed E-state index contributed by atoms with van der Waals surface area (Å²) in [6.45, 7) is 3.43. The molecule has 18 heavy (non-hydrogen) atoms. The van der Waals surface area contributed by atoms with Crippen LogP contribution in [0.3, 0.4) is 0 Å². The number of halogens is 1. The highest BCUT2D eigenvalue weighted by atomic mass is 79.9. The number of hydrogen-bond acceptors (Lipinski definition) is 4. The molecule has 1 aromatic rings. The summed E-state index contributed by atoms with van der Waals surface area (Å²) in [6.07, 6.45) is 0. The van der Waals surface area contributed by atoms with Gasteiger partial charge < -0.3 is 11.1 Å². The van der Waals surface area contributed by atoms with E-state index in [0.29, 0.717) is 10.2 Å². The van der Waals surface area contributed by atoms with Gasteiger partial charge in [0, 0.05) is 17.8 Å². The fourth-order valence-electron chi connectivity index (χ4n) is 1.23. The van der Waals surface area contributed by atoms with Crippen LogP contribution >= 0.6 is 15.9 Å². The van der Waals surface area contributed by atoms with Crippen LogP contribution in [-0.2, 0) is 4.79 Å². The molecule has 6 nitrogen and oxygen atoms in total. The second kappa shape index (κ2) is 5.92. The Labute approximate surface area is 113 Å². The Morgan fingerprint density at radius 2 is 2.11 bits per heavy atom. The third-order valence-electron chi connectivity index (χ3n) is 2.61. The maximum Gasteiger partial charge on any atom is 0.285 e. The maximum absolute atomic E-state index is 11.7. The number of nitrogens with one attached hydrogen (secondary N) is 1. The van der Waals surface area contributed by atoms with E-state index in [-0.39, 0.29) is 23.6 Å². The molecule has 98 valence electrons. The van der Waals surface area contributed by atoms with Crippen LogP contribution in [0, 0.1) is 16.0 Å². The Kier molecular flexibility index (Phi) is 4.80. The number of nitro benzene ring substituents is 1. The van der Waals surface area contributed by atoms with E-state index in [1.54, 1.807) is 19.9 Å². The Morgan fingerprint density at radius 3 is 2.61 bits per heavy atom. The number of carbonyl (C=O) groups excluding carboxylic acids is 1. The Morgan fingerprint density at radius 1 is 1.50 bits per heavy atom. The van der Waals surface area contributed by atoms with Crippen LogP contribution in [-0.4, -0.2) is 16.9 Å². The lowest BCUT2D eigenvalue weighted by molar-refractivity contribution is -0.385. The Bertz CT molecular complexity index is 477. The quantitative estimate of drug-likeness (QED) is 0.657. The highest BCUT2D eigenvalue weighted by Gasteiger charge is 2.19. The molecule has 2 atom stereocenters. The van der Waals surface area contributed by atoms with Crippen molar-refractivity contribution >= 4 is 33.2 Å². The first-order valence-corrected chi connectivity index (χ1v) is 6.12. The monoisotopic (exact) mass is 315 g/mol. The lowest BCUT2D eigenvalue weighted by Crippen LogP contribution is -2.34. The van der Waals surface area contributed by atoms with Crippen molar-refractivity contribution in [2.45, 2.75) is 19.9 Å². The zero-order chi connectivity index (χ0) is 13.9. The topological polar surface area (TPSA) is 98.3 Å². The minimum Gasteiger partial charge on any atom is -0.327 e. The molecule has 0 aliphatic rings. The summed E-state index contributed by atoms with van der Waals surface area (Å²) in [4.78, 5) is 22.0. The first-order valence-electron chi connectivity index (χ1n) is 5.33. The van der Waals surface area contributed by atoms with Gasteiger partial charge in [0.25, 0.3) is 5.69 Å². The summed E-state index contributed by atoms with van der Waals surface area (Å²) in [5.74, 6) is -0.630. The lowest BCUT2D eigenvalue weighted by atomic mass is 10.0. The molecule has 1 aromatic carbocycles. The molecule has 0 saturated heterocycles. The number of nitro groups is 1. The average Bonchev–Trinajstić information content (AvgIpc) is 2.29. The highest BCUT2D eigenvalue weighted by Crippen LogP contribution is 2.28. The predicted octanol–water partition coefficient (Wildman–Crippen LogP) is 2.28. The molecule has 0 aliphatic carbocycles. The van der Waals surface area contributed by atoms with E-state index in [1.807, 2.05) is 0 Å². The largest absolute Gasteiger partial charge is 0.327 e. The minimum absolute atomic E-state index is 0.0961. The van der Waals surface area contributed by atoms with E-state index >= 15 is 0 Å². The van der Waals surface area contributed by atoms with Crippen molar-refractivity contribution in [3.63, 3.8) is 0 Å². The molecule has 0 saturated carbocycles. The number of nitrogens with zero attached hydrogens (tertiary/aromatic N) is 1. The molecular formula is C11H14BrN3O3. The lowest BCUT2D eigenvalue weighted by Gasteiger charge is -2.15. The number of benzene rings is 1. The second-order valence-electron chi connectivity index (χ2n) is 4.06. The molecule has 0 radical (unpaired) electrons. The van der Waals surface area contributed by atoms with Crippen molar-refractivity contribution in [2.24, 2.45) is 11.7 Å². The van der Waals surface area contributed by atoms with Gasteiger partial charge in [0.05, 0.1) is 15.3 Å². The van der Waals surface area contributed by atoms with Gasteiger partial charge in [0.1, 0.15) is 0 Å². The van der Waals surface area contributed by atoms with Gasteiger partial charge in [-0.2, -0.15) is 0 Å². The van der Waals surface area contributed by atoms with Gasteiger partial charge in [-0.15, -0.1) is 0 Å². The minimum atomic E-state index is -0.519. The third-order valence-corrected chi connectivity index (χ3v) is 3.28. The van der Waals surface area contributed by atoms with E-state index < -0.39 is 4.92 Å². The smallest absolute Gasteiger partial charge is 0.285 e. The normalized spacial score (nSPS) is 13.8. The van der Waals surface area contributed by atoms with Crippen LogP contribution in [0.15, 0.2) is 22.7 Å². The van der Waals surface area contributed by atoms with Crippen molar-refractivity contribution in [1.82, 2.24) is 0 Å². The molecular weight excluding hydrogens is 302 g/mol. The van der Waals surface area contributed by atoms with Crippen LogP contribution in [0.2, 0.25) is 0 Å². The van der Waals surface area contributed by atoms with Gasteiger partial charge >= 0.3 is 0 Å². The van der Waals surface area contributed by atoms with Crippen molar-refractivity contribution in [3.05, 3.63) is 32.8 Å². The van der Waals surface area contributed by atoms with Crippen LogP contribution < -0.4 is 11.1 Å². The first-order chi connectivity index (χ1) is 8.32. The van der Waals surface area contributed by atoms with E-state index in [2.05, 4.69) is 21.2 Å². The van der Waals surface area contributed by atoms with Crippen molar-refractivity contribution in [1.29, 1.82) is 0 Å². The van der Waals surface area contributed by atoms with Crippen LogP contribution in [0.25, 0.3) is 0 Å². The van der Waals surface area contributed by atoms with E-state index in [1.165, 1.54) is 12.1 Å². The van der Waals surface area contributed by atoms with Crippen LogP contribution in [0.1, 0.15) is 13.8 Å². The summed E-state index contributed by atoms with van der Waals surface area (Å²) < 4.78 is 0.366. The first kappa shape index (κ1) is 14.6. The maximum atomic E-state index is 11.7. The number of anilines is 1. The molecule has 0 bridgehead atoms. The molecule has 3 N–H and O–H groups in total. The van der Waals surface area contributed by atoms with Gasteiger partial charge in [-0.3, -0.25) is 14.9 Å². The second-order valence-corrected chi connectivity index (χ2v) is 4.91.